The van der Waals surface area contributed by atoms with Crippen LogP contribution in [0.5, 0.6) is 0 Å². The topological polar surface area (TPSA) is 91.8 Å². The number of carbonyl (C=O) groups excluding carboxylic acids is 1. The summed E-state index contributed by atoms with van der Waals surface area (Å²) >= 11 is 0. The van der Waals surface area contributed by atoms with Crippen LogP contribution >= 0.6 is 0 Å². The summed E-state index contributed by atoms with van der Waals surface area (Å²) in [6.07, 6.45) is 0.434. The molecule has 3 rings (SSSR count). The zero-order valence-corrected chi connectivity index (χ0v) is 14.9. The first-order valence-corrected chi connectivity index (χ1v) is 9.91. The third-order valence-electron chi connectivity index (χ3n) is 4.46. The van der Waals surface area contributed by atoms with Crippen LogP contribution in [-0.4, -0.2) is 43.4 Å². The van der Waals surface area contributed by atoms with Crippen LogP contribution in [0.1, 0.15) is 22.3 Å². The van der Waals surface area contributed by atoms with Gasteiger partial charge in [-0.1, -0.05) is 30.3 Å². The SMILES string of the molecule is O=C(O)C1CCN(C(=O)c2cccc(CS(=O)(=O)c3ccccc3)c2)C1. The lowest BCUT2D eigenvalue weighted by Crippen LogP contribution is -2.30. The fraction of sp³-hybridized carbons (Fsp3) is 0.263. The largest absolute Gasteiger partial charge is 0.481 e. The van der Waals surface area contributed by atoms with Gasteiger partial charge in [0.2, 0.25) is 0 Å². The van der Waals surface area contributed by atoms with E-state index in [4.69, 9.17) is 5.11 Å². The highest BCUT2D eigenvalue weighted by Crippen LogP contribution is 2.21. The van der Waals surface area contributed by atoms with Gasteiger partial charge in [0.15, 0.2) is 9.84 Å². The van der Waals surface area contributed by atoms with Crippen molar-refractivity contribution in [2.75, 3.05) is 13.1 Å². The Morgan fingerprint density at radius 3 is 2.46 bits per heavy atom. The molecular formula is C19H19NO5S. The minimum atomic E-state index is -3.50. The zero-order chi connectivity index (χ0) is 18.7. The standard InChI is InChI=1S/C19H19NO5S/c21-18(20-10-9-16(12-20)19(22)23)15-6-4-5-14(11-15)13-26(24,25)17-7-2-1-3-8-17/h1-8,11,16H,9-10,12-13H2,(H,22,23). The van der Waals surface area contributed by atoms with Gasteiger partial charge in [0.25, 0.3) is 5.91 Å². The van der Waals surface area contributed by atoms with Crippen molar-refractivity contribution >= 4 is 21.7 Å². The Balaban J connectivity index is 1.77. The number of carboxylic acids is 1. The van der Waals surface area contributed by atoms with Crippen LogP contribution in [0.2, 0.25) is 0 Å². The third kappa shape index (κ3) is 3.94. The van der Waals surface area contributed by atoms with E-state index in [1.54, 1.807) is 54.6 Å². The van der Waals surface area contributed by atoms with E-state index in [9.17, 15) is 18.0 Å². The molecule has 0 aliphatic carbocycles. The zero-order valence-electron chi connectivity index (χ0n) is 14.0. The summed E-state index contributed by atoms with van der Waals surface area (Å²) in [5, 5.41) is 9.06. The molecule has 1 heterocycles. The van der Waals surface area contributed by atoms with E-state index in [0.29, 0.717) is 24.1 Å². The van der Waals surface area contributed by atoms with Crippen molar-refractivity contribution in [1.82, 2.24) is 4.90 Å². The van der Waals surface area contributed by atoms with E-state index in [1.807, 2.05) is 0 Å². The number of hydrogen-bond donors (Lipinski definition) is 1. The van der Waals surface area contributed by atoms with E-state index in [0.717, 1.165) is 0 Å². The van der Waals surface area contributed by atoms with E-state index in [2.05, 4.69) is 0 Å². The highest BCUT2D eigenvalue weighted by atomic mass is 32.2. The fourth-order valence-electron chi connectivity index (χ4n) is 3.05. The number of benzene rings is 2. The van der Waals surface area contributed by atoms with Gasteiger partial charge in [-0.15, -0.1) is 0 Å². The molecule has 0 aromatic heterocycles. The first-order chi connectivity index (χ1) is 12.4. The number of likely N-dealkylation sites (tertiary alicyclic amines) is 1. The number of sulfone groups is 1. The van der Waals surface area contributed by atoms with Crippen molar-refractivity contribution in [1.29, 1.82) is 0 Å². The molecule has 2 aromatic rings. The normalized spacial score (nSPS) is 17.2. The molecule has 1 amide bonds. The van der Waals surface area contributed by atoms with Crippen LogP contribution in [0.3, 0.4) is 0 Å². The number of carbonyl (C=O) groups is 2. The Bertz CT molecular complexity index is 924. The second-order valence-electron chi connectivity index (χ2n) is 6.35. The summed E-state index contributed by atoms with van der Waals surface area (Å²) in [6.45, 7) is 0.572. The number of rotatable bonds is 5. The highest BCUT2D eigenvalue weighted by Gasteiger charge is 2.31. The van der Waals surface area contributed by atoms with E-state index >= 15 is 0 Å². The van der Waals surface area contributed by atoms with Gasteiger partial charge in [-0.3, -0.25) is 9.59 Å². The summed E-state index contributed by atoms with van der Waals surface area (Å²) in [6, 6.07) is 14.7. The first kappa shape index (κ1) is 18.1. The van der Waals surface area contributed by atoms with E-state index < -0.39 is 21.7 Å². The van der Waals surface area contributed by atoms with E-state index in [-0.39, 0.29) is 23.1 Å². The molecule has 26 heavy (non-hydrogen) atoms. The number of aliphatic carboxylic acids is 1. The van der Waals surface area contributed by atoms with Crippen molar-refractivity contribution in [2.45, 2.75) is 17.1 Å². The Kier molecular flexibility index (Phi) is 5.08. The average Bonchev–Trinajstić information content (AvgIpc) is 3.12. The highest BCUT2D eigenvalue weighted by molar-refractivity contribution is 7.90. The fourth-order valence-corrected chi connectivity index (χ4v) is 4.41. The number of nitrogens with zero attached hydrogens (tertiary/aromatic N) is 1. The van der Waals surface area contributed by atoms with Crippen molar-refractivity contribution in [3.8, 4) is 0 Å². The van der Waals surface area contributed by atoms with Gasteiger partial charge in [0.1, 0.15) is 0 Å². The molecule has 136 valence electrons. The maximum Gasteiger partial charge on any atom is 0.308 e. The molecule has 6 nitrogen and oxygen atoms in total. The maximum atomic E-state index is 12.6. The molecule has 1 atom stereocenters. The molecule has 2 aromatic carbocycles. The van der Waals surface area contributed by atoms with Gasteiger partial charge in [-0.25, -0.2) is 8.42 Å². The molecule has 1 unspecified atom stereocenters. The number of hydrogen-bond acceptors (Lipinski definition) is 4. The second-order valence-corrected chi connectivity index (χ2v) is 8.34. The Morgan fingerprint density at radius 2 is 1.81 bits per heavy atom. The van der Waals surface area contributed by atoms with Gasteiger partial charge >= 0.3 is 5.97 Å². The van der Waals surface area contributed by atoms with Crippen molar-refractivity contribution in [3.63, 3.8) is 0 Å². The van der Waals surface area contributed by atoms with Gasteiger partial charge < -0.3 is 10.0 Å². The van der Waals surface area contributed by atoms with Crippen LogP contribution in [0.4, 0.5) is 0 Å². The second kappa shape index (κ2) is 7.29. The van der Waals surface area contributed by atoms with Crippen molar-refractivity contribution in [2.24, 2.45) is 5.92 Å². The quantitative estimate of drug-likeness (QED) is 0.868. The number of amides is 1. The molecule has 1 N–H and O–H groups in total. The molecule has 0 spiro atoms. The van der Waals surface area contributed by atoms with Gasteiger partial charge in [-0.2, -0.15) is 0 Å². The monoisotopic (exact) mass is 373 g/mol. The third-order valence-corrected chi connectivity index (χ3v) is 6.16. The first-order valence-electron chi connectivity index (χ1n) is 8.25. The van der Waals surface area contributed by atoms with Gasteiger partial charge in [0.05, 0.1) is 16.6 Å². The van der Waals surface area contributed by atoms with Gasteiger partial charge in [-0.05, 0) is 36.2 Å². The maximum absolute atomic E-state index is 12.6. The lowest BCUT2D eigenvalue weighted by atomic mass is 10.1. The van der Waals surface area contributed by atoms with Crippen molar-refractivity contribution in [3.05, 3.63) is 65.7 Å². The molecule has 1 aliphatic heterocycles. The predicted octanol–water partition coefficient (Wildman–Crippen LogP) is 2.21. The van der Waals surface area contributed by atoms with Crippen LogP contribution in [0.25, 0.3) is 0 Å². The molecule has 1 aliphatic rings. The van der Waals surface area contributed by atoms with Crippen molar-refractivity contribution < 1.29 is 23.1 Å². The minimum Gasteiger partial charge on any atom is -0.481 e. The molecule has 0 bridgehead atoms. The summed E-state index contributed by atoms with van der Waals surface area (Å²) < 4.78 is 25.0. The molecule has 0 radical (unpaired) electrons. The summed E-state index contributed by atoms with van der Waals surface area (Å²) in [5.41, 5.74) is 0.894. The minimum absolute atomic E-state index is 0.181. The molecule has 0 saturated carbocycles. The lowest BCUT2D eigenvalue weighted by Gasteiger charge is -2.16. The Morgan fingerprint density at radius 1 is 1.08 bits per heavy atom. The molecule has 7 heteroatoms. The van der Waals surface area contributed by atoms with Gasteiger partial charge in [0, 0.05) is 18.7 Å². The average molecular weight is 373 g/mol. The summed E-state index contributed by atoms with van der Waals surface area (Å²) in [5.74, 6) is -1.91. The molecular weight excluding hydrogens is 354 g/mol. The lowest BCUT2D eigenvalue weighted by molar-refractivity contribution is -0.141. The van der Waals surface area contributed by atoms with Crippen LogP contribution in [0, 0.1) is 5.92 Å². The Labute approximate surface area is 152 Å². The van der Waals surface area contributed by atoms with Crippen LogP contribution < -0.4 is 0 Å². The van der Waals surface area contributed by atoms with Crippen LogP contribution in [0.15, 0.2) is 59.5 Å². The number of carboxylic acid groups (broad SMARTS) is 1. The summed E-state index contributed by atoms with van der Waals surface area (Å²) in [4.78, 5) is 25.4. The molecule has 1 saturated heterocycles. The van der Waals surface area contributed by atoms with E-state index in [1.165, 1.54) is 4.90 Å². The Hall–Kier alpha value is -2.67. The predicted molar refractivity (Wildman–Crippen MR) is 95.4 cm³/mol. The smallest absolute Gasteiger partial charge is 0.308 e. The van der Waals surface area contributed by atoms with Crippen LogP contribution in [-0.2, 0) is 20.4 Å². The summed E-state index contributed by atoms with van der Waals surface area (Å²) in [7, 11) is -3.50. The molecule has 1 fully saturated rings.